The molecule has 0 N–H and O–H groups in total. The van der Waals surface area contributed by atoms with Gasteiger partial charge < -0.3 is 0 Å². The lowest BCUT2D eigenvalue weighted by Gasteiger charge is -2.62. The second-order valence-electron chi connectivity index (χ2n) is 8.95. The van der Waals surface area contributed by atoms with Gasteiger partial charge in [-0.15, -0.1) is 0 Å². The van der Waals surface area contributed by atoms with E-state index in [1.807, 2.05) is 0 Å². The summed E-state index contributed by atoms with van der Waals surface area (Å²) in [5.74, 6) is 7.85. The van der Waals surface area contributed by atoms with Crippen molar-refractivity contribution >= 4 is 0 Å². The minimum Gasteiger partial charge on any atom is -0.0668 e. The number of rotatable bonds is 2. The lowest BCUT2D eigenvalue weighted by Crippen LogP contribution is -2.55. The molecule has 6 rings (SSSR count). The van der Waals surface area contributed by atoms with Crippen molar-refractivity contribution in [3.63, 3.8) is 0 Å². The van der Waals surface area contributed by atoms with E-state index >= 15 is 0 Å². The van der Waals surface area contributed by atoms with E-state index in [4.69, 9.17) is 0 Å². The van der Waals surface area contributed by atoms with Crippen LogP contribution in [0.4, 0.5) is 0 Å². The Morgan fingerprint density at radius 1 is 1.06 bits per heavy atom. The molecular formula is C18H24. The first-order chi connectivity index (χ1) is 8.74. The van der Waals surface area contributed by atoms with Gasteiger partial charge in [-0.1, -0.05) is 18.1 Å². The van der Waals surface area contributed by atoms with Crippen molar-refractivity contribution in [3.8, 4) is 0 Å². The molecule has 6 aliphatic rings. The average Bonchev–Trinajstić information content (AvgIpc) is 3.13. The Hall–Kier alpha value is -0.260. The van der Waals surface area contributed by atoms with Crippen molar-refractivity contribution in [2.24, 2.45) is 46.8 Å². The van der Waals surface area contributed by atoms with Gasteiger partial charge in [0.25, 0.3) is 0 Å². The normalized spacial score (nSPS) is 62.5. The maximum Gasteiger partial charge on any atom is -0.0130 e. The summed E-state index contributed by atoms with van der Waals surface area (Å²) in [7, 11) is 0. The van der Waals surface area contributed by atoms with Crippen LogP contribution >= 0.6 is 0 Å². The Morgan fingerprint density at radius 2 is 1.94 bits per heavy atom. The van der Waals surface area contributed by atoms with Crippen molar-refractivity contribution in [2.45, 2.75) is 51.9 Å². The molecule has 5 fully saturated rings. The van der Waals surface area contributed by atoms with Gasteiger partial charge in [-0.3, -0.25) is 0 Å². The van der Waals surface area contributed by atoms with Gasteiger partial charge in [0.15, 0.2) is 0 Å². The Balaban J connectivity index is 1.47. The molecule has 0 aromatic carbocycles. The molecular weight excluding hydrogens is 216 g/mol. The van der Waals surface area contributed by atoms with E-state index in [0.717, 1.165) is 46.8 Å². The molecule has 0 aromatic rings. The molecule has 0 aromatic heterocycles. The Labute approximate surface area is 110 Å². The Morgan fingerprint density at radius 3 is 2.78 bits per heavy atom. The maximum atomic E-state index is 2.62. The van der Waals surface area contributed by atoms with Crippen LogP contribution in [0.3, 0.4) is 0 Å². The van der Waals surface area contributed by atoms with Gasteiger partial charge >= 0.3 is 0 Å². The first-order valence-corrected chi connectivity index (χ1v) is 8.47. The summed E-state index contributed by atoms with van der Waals surface area (Å²) in [6, 6.07) is 0. The van der Waals surface area contributed by atoms with Crippen molar-refractivity contribution < 1.29 is 0 Å². The van der Waals surface area contributed by atoms with Crippen molar-refractivity contribution in [1.82, 2.24) is 0 Å². The highest BCUT2D eigenvalue weighted by molar-refractivity contribution is 5.44. The van der Waals surface area contributed by atoms with Gasteiger partial charge in [-0.2, -0.15) is 0 Å². The van der Waals surface area contributed by atoms with Crippen LogP contribution in [0.1, 0.15) is 51.9 Å². The first kappa shape index (κ1) is 9.61. The van der Waals surface area contributed by atoms with Gasteiger partial charge in [0.2, 0.25) is 0 Å². The molecule has 0 bridgehead atoms. The summed E-state index contributed by atoms with van der Waals surface area (Å²) >= 11 is 0. The molecule has 7 atom stereocenters. The second kappa shape index (κ2) is 2.63. The van der Waals surface area contributed by atoms with Crippen molar-refractivity contribution in [3.05, 3.63) is 11.1 Å². The third-order valence-corrected chi connectivity index (χ3v) is 7.86. The number of hydrogen-bond donors (Lipinski definition) is 0. The molecule has 0 amide bonds. The summed E-state index contributed by atoms with van der Waals surface area (Å²) in [5.41, 5.74) is 4.94. The number of allylic oxidation sites excluding steroid dienone is 2. The first-order valence-electron chi connectivity index (χ1n) is 8.47. The zero-order valence-corrected chi connectivity index (χ0v) is 11.5. The fraction of sp³-hybridized carbons (Fsp3) is 0.889. The van der Waals surface area contributed by atoms with Gasteiger partial charge in [-0.25, -0.2) is 0 Å². The lowest BCUT2D eigenvalue weighted by molar-refractivity contribution is -0.0543. The summed E-state index contributed by atoms with van der Waals surface area (Å²) in [6.07, 6.45) is 11.0. The number of fused-ring (bicyclic) bond motifs is 2. The molecule has 0 nitrogen and oxygen atoms in total. The van der Waals surface area contributed by atoms with E-state index in [0.29, 0.717) is 0 Å². The zero-order chi connectivity index (χ0) is 11.6. The topological polar surface area (TPSA) is 0 Å². The van der Waals surface area contributed by atoms with Gasteiger partial charge in [0.05, 0.1) is 0 Å². The molecule has 0 radical (unpaired) electrons. The van der Waals surface area contributed by atoms with Crippen molar-refractivity contribution in [2.75, 3.05) is 0 Å². The molecule has 96 valence electrons. The van der Waals surface area contributed by atoms with Gasteiger partial charge in [-0.05, 0) is 91.8 Å². The highest BCUT2D eigenvalue weighted by atomic mass is 14.8. The molecule has 6 aliphatic carbocycles. The zero-order valence-electron chi connectivity index (χ0n) is 11.5. The van der Waals surface area contributed by atoms with Crippen LogP contribution in [0.5, 0.6) is 0 Å². The minimum absolute atomic E-state index is 0.802. The largest absolute Gasteiger partial charge is 0.0668 e. The summed E-state index contributed by atoms with van der Waals surface area (Å²) in [5, 5.41) is 0. The molecule has 7 unspecified atom stereocenters. The molecule has 0 aliphatic heterocycles. The third-order valence-electron chi connectivity index (χ3n) is 7.86. The van der Waals surface area contributed by atoms with E-state index in [1.165, 1.54) is 0 Å². The van der Waals surface area contributed by atoms with Gasteiger partial charge in [0.1, 0.15) is 0 Å². The standard InChI is InChI=1S/C18H24/c1-18-7-11-5-10-6-12(10)13(4-9-2-3-9)16-14(8-18)17(18)15(11)16/h9-12,14-15,17H,2-8H2,1H3. The van der Waals surface area contributed by atoms with E-state index in [9.17, 15) is 0 Å². The van der Waals surface area contributed by atoms with Crippen LogP contribution in [-0.4, -0.2) is 0 Å². The average molecular weight is 240 g/mol. The Kier molecular flexibility index (Phi) is 1.40. The molecule has 0 heterocycles. The quantitative estimate of drug-likeness (QED) is 0.627. The van der Waals surface area contributed by atoms with Crippen LogP contribution in [0.2, 0.25) is 0 Å². The summed E-state index contributed by atoms with van der Waals surface area (Å²) in [4.78, 5) is 0. The predicted octanol–water partition coefficient (Wildman–Crippen LogP) is 4.42. The van der Waals surface area contributed by atoms with E-state index in [2.05, 4.69) is 18.1 Å². The monoisotopic (exact) mass is 240 g/mol. The van der Waals surface area contributed by atoms with E-state index in [-0.39, 0.29) is 0 Å². The van der Waals surface area contributed by atoms with Gasteiger partial charge in [0, 0.05) is 0 Å². The van der Waals surface area contributed by atoms with Crippen LogP contribution in [0, 0.1) is 46.8 Å². The molecule has 18 heavy (non-hydrogen) atoms. The summed E-state index contributed by atoms with van der Waals surface area (Å²) in [6.45, 7) is 2.62. The van der Waals surface area contributed by atoms with Crippen LogP contribution in [-0.2, 0) is 0 Å². The highest BCUT2D eigenvalue weighted by Crippen LogP contribution is 2.80. The number of hydrogen-bond acceptors (Lipinski definition) is 0. The molecule has 0 saturated heterocycles. The SMILES string of the molecule is CC12CC3CC4CC4C(CC4CC4)=C4C(C1)C2C43. The second-order valence-corrected chi connectivity index (χ2v) is 8.95. The highest BCUT2D eigenvalue weighted by Gasteiger charge is 2.72. The lowest BCUT2D eigenvalue weighted by atomic mass is 9.42. The van der Waals surface area contributed by atoms with Crippen LogP contribution in [0.15, 0.2) is 11.1 Å². The molecule has 0 spiro atoms. The molecule has 5 saturated carbocycles. The maximum absolute atomic E-state index is 2.62. The van der Waals surface area contributed by atoms with Crippen molar-refractivity contribution in [1.29, 1.82) is 0 Å². The van der Waals surface area contributed by atoms with E-state index in [1.54, 1.807) is 44.9 Å². The smallest absolute Gasteiger partial charge is 0.0130 e. The third kappa shape index (κ3) is 0.927. The predicted molar refractivity (Wildman–Crippen MR) is 71.9 cm³/mol. The Bertz CT molecular complexity index is 482. The van der Waals surface area contributed by atoms with E-state index < -0.39 is 0 Å². The summed E-state index contributed by atoms with van der Waals surface area (Å²) < 4.78 is 0. The van der Waals surface area contributed by atoms with Crippen LogP contribution < -0.4 is 0 Å². The van der Waals surface area contributed by atoms with Crippen LogP contribution in [0.25, 0.3) is 0 Å². The fourth-order valence-corrected chi connectivity index (χ4v) is 7.01. The fourth-order valence-electron chi connectivity index (χ4n) is 7.01. The molecule has 0 heteroatoms. The minimum atomic E-state index is 0.802.